The number of hydrogen-bond donors (Lipinski definition) is 1. The van der Waals surface area contributed by atoms with Gasteiger partial charge in [-0.25, -0.2) is 13.5 Å². The van der Waals surface area contributed by atoms with E-state index >= 15 is 8.78 Å². The third-order valence-corrected chi connectivity index (χ3v) is 7.05. The van der Waals surface area contributed by atoms with E-state index in [0.29, 0.717) is 29.6 Å². The van der Waals surface area contributed by atoms with Crippen LogP contribution in [0.1, 0.15) is 50.9 Å². The van der Waals surface area contributed by atoms with Crippen LogP contribution in [0.2, 0.25) is 0 Å². The van der Waals surface area contributed by atoms with E-state index in [0.717, 1.165) is 29.8 Å². The number of halogens is 2. The van der Waals surface area contributed by atoms with Crippen molar-refractivity contribution in [2.75, 3.05) is 13.2 Å². The quantitative estimate of drug-likeness (QED) is 0.465. The van der Waals surface area contributed by atoms with Crippen molar-refractivity contribution in [1.29, 1.82) is 0 Å². The van der Waals surface area contributed by atoms with Crippen LogP contribution in [0.3, 0.4) is 0 Å². The molecule has 0 bridgehead atoms. The second-order valence-electron chi connectivity index (χ2n) is 9.80. The van der Waals surface area contributed by atoms with Crippen molar-refractivity contribution < 1.29 is 18.6 Å². The van der Waals surface area contributed by atoms with Crippen LogP contribution in [0.25, 0.3) is 33.2 Å². The van der Waals surface area contributed by atoms with Crippen LogP contribution in [0.15, 0.2) is 18.3 Å². The summed E-state index contributed by atoms with van der Waals surface area (Å²) >= 11 is 0. The first-order valence-electron chi connectivity index (χ1n) is 11.6. The summed E-state index contributed by atoms with van der Waals surface area (Å²) in [5.74, 6) is -1.28. The average molecular weight is 470 g/mol. The second kappa shape index (κ2) is 8.09. The number of aliphatic hydroxyl groups is 1. The predicted octanol–water partition coefficient (Wildman–Crippen LogP) is 4.79. The summed E-state index contributed by atoms with van der Waals surface area (Å²) in [4.78, 5) is 4.66. The summed E-state index contributed by atoms with van der Waals surface area (Å²) in [6.45, 7) is 8.03. The smallest absolute Gasteiger partial charge is 0.156 e. The van der Waals surface area contributed by atoms with E-state index in [1.807, 2.05) is 24.6 Å². The Bertz CT molecular complexity index is 1380. The van der Waals surface area contributed by atoms with Gasteiger partial charge in [0.25, 0.3) is 0 Å². The third-order valence-electron chi connectivity index (χ3n) is 7.05. The fourth-order valence-electron chi connectivity index (χ4n) is 5.37. The van der Waals surface area contributed by atoms with Crippen LogP contribution in [-0.2, 0) is 17.4 Å². The number of pyridine rings is 1. The Kier molecular flexibility index (Phi) is 5.44. The van der Waals surface area contributed by atoms with Crippen LogP contribution < -0.4 is 0 Å². The summed E-state index contributed by atoms with van der Waals surface area (Å²) in [6.07, 6.45) is 3.39. The number of aryl methyl sites for hydroxylation is 2. The first-order valence-corrected chi connectivity index (χ1v) is 11.6. The molecule has 7 nitrogen and oxygen atoms in total. The molecule has 0 amide bonds. The molecule has 4 aromatic rings. The Morgan fingerprint density at radius 3 is 2.53 bits per heavy atom. The van der Waals surface area contributed by atoms with Gasteiger partial charge in [0.2, 0.25) is 0 Å². The number of aromatic nitrogens is 5. The lowest BCUT2D eigenvalue weighted by atomic mass is 9.92. The molecule has 0 spiro atoms. The van der Waals surface area contributed by atoms with Crippen LogP contribution in [0, 0.1) is 24.5 Å². The van der Waals surface area contributed by atoms with E-state index in [-0.39, 0.29) is 23.0 Å². The van der Waals surface area contributed by atoms with Gasteiger partial charge >= 0.3 is 0 Å². The zero-order chi connectivity index (χ0) is 24.4. The maximum absolute atomic E-state index is 16.1. The van der Waals surface area contributed by atoms with Crippen molar-refractivity contribution in [2.24, 2.45) is 13.0 Å². The Balaban J connectivity index is 1.86. The van der Waals surface area contributed by atoms with Crippen molar-refractivity contribution in [3.8, 4) is 11.3 Å². The van der Waals surface area contributed by atoms with Crippen LogP contribution in [0.5, 0.6) is 0 Å². The minimum Gasteiger partial charge on any atom is -0.386 e. The van der Waals surface area contributed by atoms with Crippen LogP contribution in [-0.4, -0.2) is 42.9 Å². The Labute approximate surface area is 196 Å². The molecule has 1 N–H and O–H groups in total. The summed E-state index contributed by atoms with van der Waals surface area (Å²) < 4.78 is 40.3. The van der Waals surface area contributed by atoms with Crippen LogP contribution >= 0.6 is 0 Å². The fraction of sp³-hybridized carbons (Fsp3) is 0.480. The molecular weight excluding hydrogens is 440 g/mol. The molecule has 1 atom stereocenters. The number of fused-ring (bicyclic) bond motifs is 3. The molecule has 1 aliphatic heterocycles. The Morgan fingerprint density at radius 1 is 1.21 bits per heavy atom. The second-order valence-corrected chi connectivity index (χ2v) is 9.80. The largest absolute Gasteiger partial charge is 0.386 e. The summed E-state index contributed by atoms with van der Waals surface area (Å²) in [5.41, 5.74) is 1.83. The van der Waals surface area contributed by atoms with Gasteiger partial charge in [-0.15, -0.1) is 5.10 Å². The maximum atomic E-state index is 16.1. The highest BCUT2D eigenvalue weighted by Crippen LogP contribution is 2.41. The molecule has 0 aliphatic carbocycles. The Hall–Kier alpha value is -2.91. The first-order chi connectivity index (χ1) is 16.1. The van der Waals surface area contributed by atoms with E-state index < -0.39 is 17.2 Å². The van der Waals surface area contributed by atoms with E-state index in [4.69, 9.17) is 4.74 Å². The van der Waals surface area contributed by atoms with Gasteiger partial charge in [-0.1, -0.05) is 5.21 Å². The molecule has 0 unspecified atom stereocenters. The molecule has 34 heavy (non-hydrogen) atoms. The lowest BCUT2D eigenvalue weighted by Crippen LogP contribution is -2.25. The van der Waals surface area contributed by atoms with E-state index in [1.165, 1.54) is 19.9 Å². The minimum absolute atomic E-state index is 0.0960. The number of ether oxygens (including phenoxy) is 1. The molecule has 1 saturated heterocycles. The lowest BCUT2D eigenvalue weighted by Gasteiger charge is -2.30. The molecule has 3 aromatic heterocycles. The standard InChI is InChI=1S/C25H29F2N5O2/c1-13-23(31(5)30-29-13)16-10-19-22(28-12-16)17-11-18(26)20(25(3,4)33)21(27)24(17)32(19)14(2)15-6-8-34-9-7-15/h10-12,14-15,33H,6-9H2,1-5H3/t14-/m1/s1. The van der Waals surface area contributed by atoms with Crippen molar-refractivity contribution in [1.82, 2.24) is 24.5 Å². The topological polar surface area (TPSA) is 78.0 Å². The van der Waals surface area contributed by atoms with E-state index in [2.05, 4.69) is 22.2 Å². The van der Waals surface area contributed by atoms with Gasteiger partial charge in [-0.05, 0) is 58.6 Å². The van der Waals surface area contributed by atoms with Gasteiger partial charge in [0.1, 0.15) is 5.82 Å². The predicted molar refractivity (Wildman–Crippen MR) is 125 cm³/mol. The average Bonchev–Trinajstić information content (AvgIpc) is 3.29. The van der Waals surface area contributed by atoms with Crippen molar-refractivity contribution >= 4 is 21.9 Å². The maximum Gasteiger partial charge on any atom is 0.156 e. The van der Waals surface area contributed by atoms with Gasteiger partial charge in [-0.3, -0.25) is 4.98 Å². The first kappa shape index (κ1) is 22.9. The molecular formula is C25H29F2N5O2. The van der Waals surface area contributed by atoms with Gasteiger partial charge in [-0.2, -0.15) is 0 Å². The molecule has 4 heterocycles. The normalized spacial score (nSPS) is 16.6. The van der Waals surface area contributed by atoms with E-state index in [9.17, 15) is 5.11 Å². The molecule has 0 saturated carbocycles. The minimum atomic E-state index is -1.68. The molecule has 180 valence electrons. The van der Waals surface area contributed by atoms with Crippen molar-refractivity contribution in [2.45, 2.75) is 52.2 Å². The summed E-state index contributed by atoms with van der Waals surface area (Å²) in [6, 6.07) is 3.15. The highest BCUT2D eigenvalue weighted by atomic mass is 19.1. The Morgan fingerprint density at radius 2 is 1.91 bits per heavy atom. The van der Waals surface area contributed by atoms with Crippen LogP contribution in [0.4, 0.5) is 8.78 Å². The monoisotopic (exact) mass is 469 g/mol. The number of rotatable bonds is 4. The number of benzene rings is 1. The van der Waals surface area contributed by atoms with Gasteiger partial charge in [0.15, 0.2) is 5.82 Å². The zero-order valence-corrected chi connectivity index (χ0v) is 20.1. The molecule has 1 aliphatic rings. The highest BCUT2D eigenvalue weighted by molar-refractivity contribution is 6.07. The fourth-order valence-corrected chi connectivity index (χ4v) is 5.37. The van der Waals surface area contributed by atoms with Gasteiger partial charge in [0.05, 0.1) is 39.1 Å². The number of nitrogens with zero attached hydrogens (tertiary/aromatic N) is 5. The van der Waals surface area contributed by atoms with Gasteiger partial charge < -0.3 is 14.4 Å². The number of hydrogen-bond acceptors (Lipinski definition) is 5. The van der Waals surface area contributed by atoms with Crippen molar-refractivity contribution in [3.63, 3.8) is 0 Å². The lowest BCUT2D eigenvalue weighted by molar-refractivity contribution is 0.0523. The van der Waals surface area contributed by atoms with Crippen molar-refractivity contribution in [3.05, 3.63) is 41.2 Å². The molecule has 5 rings (SSSR count). The third kappa shape index (κ3) is 3.49. The summed E-state index contributed by atoms with van der Waals surface area (Å²) in [5, 5.41) is 19.2. The molecule has 1 fully saturated rings. The molecule has 9 heteroatoms. The SMILES string of the molecule is Cc1nnn(C)c1-c1cnc2c3cc(F)c(C(C)(C)O)c(F)c3n([C@H](C)C3CCOCC3)c2c1. The van der Waals surface area contributed by atoms with E-state index in [1.54, 1.807) is 10.9 Å². The summed E-state index contributed by atoms with van der Waals surface area (Å²) in [7, 11) is 1.81. The molecule has 0 radical (unpaired) electrons. The highest BCUT2D eigenvalue weighted by Gasteiger charge is 2.32. The molecule has 1 aromatic carbocycles. The zero-order valence-electron chi connectivity index (χ0n) is 20.1. The van der Waals surface area contributed by atoms with Gasteiger partial charge in [0, 0.05) is 43.4 Å².